The van der Waals surface area contributed by atoms with Crippen molar-refractivity contribution in [2.75, 3.05) is 37.6 Å². The number of urea groups is 1. The van der Waals surface area contributed by atoms with Crippen molar-refractivity contribution in [3.8, 4) is 0 Å². The number of oxazole rings is 1. The molecule has 3 heterocycles. The minimum atomic E-state index is 0.0294. The molecular weight excluding hydrogens is 456 g/mol. The molecule has 2 fully saturated rings. The lowest BCUT2D eigenvalue weighted by Crippen LogP contribution is -2.46. The summed E-state index contributed by atoms with van der Waals surface area (Å²) in [5.74, 6) is 1.38. The second-order valence-corrected chi connectivity index (χ2v) is 9.49. The molecule has 0 bridgehead atoms. The first-order valence-corrected chi connectivity index (χ1v) is 11.8. The predicted molar refractivity (Wildman–Crippen MR) is 125 cm³/mol. The van der Waals surface area contributed by atoms with E-state index < -0.39 is 0 Å². The van der Waals surface area contributed by atoms with Gasteiger partial charge in [-0.2, -0.15) is 0 Å². The van der Waals surface area contributed by atoms with Gasteiger partial charge >= 0.3 is 6.03 Å². The van der Waals surface area contributed by atoms with Gasteiger partial charge in [0.25, 0.3) is 0 Å². The van der Waals surface area contributed by atoms with Crippen LogP contribution < -0.4 is 10.2 Å². The van der Waals surface area contributed by atoms with E-state index >= 15 is 0 Å². The summed E-state index contributed by atoms with van der Waals surface area (Å²) < 4.78 is 7.06. The number of benzene rings is 2. The van der Waals surface area contributed by atoms with Gasteiger partial charge in [0.15, 0.2) is 11.5 Å². The SMILES string of the molecule is O=C(NCC1CCN(c2cccc(Br)c2)C1)N1CCCC(c2nc3ccccc3o2)C1. The van der Waals surface area contributed by atoms with Gasteiger partial charge in [-0.15, -0.1) is 0 Å². The Labute approximate surface area is 190 Å². The van der Waals surface area contributed by atoms with Crippen molar-refractivity contribution in [3.05, 3.63) is 58.9 Å². The molecule has 1 aromatic heterocycles. The Morgan fingerprint density at radius 3 is 2.90 bits per heavy atom. The number of rotatable bonds is 4. The van der Waals surface area contributed by atoms with Gasteiger partial charge in [-0.3, -0.25) is 0 Å². The molecule has 162 valence electrons. The van der Waals surface area contributed by atoms with Gasteiger partial charge in [0.05, 0.1) is 5.92 Å². The number of likely N-dealkylation sites (tertiary alicyclic amines) is 1. The number of anilines is 1. The van der Waals surface area contributed by atoms with Gasteiger partial charge in [0, 0.05) is 42.9 Å². The summed E-state index contributed by atoms with van der Waals surface area (Å²) in [6.07, 6.45) is 3.07. The second kappa shape index (κ2) is 8.91. The maximum absolute atomic E-state index is 12.8. The number of amides is 2. The fraction of sp³-hybridized carbons (Fsp3) is 0.417. The first-order chi connectivity index (χ1) is 15.2. The summed E-state index contributed by atoms with van der Waals surface area (Å²) in [7, 11) is 0. The quantitative estimate of drug-likeness (QED) is 0.567. The molecule has 1 N–H and O–H groups in total. The highest BCUT2D eigenvalue weighted by molar-refractivity contribution is 9.10. The number of fused-ring (bicyclic) bond motifs is 1. The van der Waals surface area contributed by atoms with Crippen LogP contribution in [0, 0.1) is 5.92 Å². The van der Waals surface area contributed by atoms with E-state index in [1.165, 1.54) is 5.69 Å². The Morgan fingerprint density at radius 2 is 2.03 bits per heavy atom. The highest BCUT2D eigenvalue weighted by Crippen LogP contribution is 2.29. The van der Waals surface area contributed by atoms with Crippen molar-refractivity contribution in [1.82, 2.24) is 15.2 Å². The number of carbonyl (C=O) groups is 1. The van der Waals surface area contributed by atoms with Crippen molar-refractivity contribution < 1.29 is 9.21 Å². The average Bonchev–Trinajstić information content (AvgIpc) is 3.45. The van der Waals surface area contributed by atoms with Crippen LogP contribution in [-0.4, -0.2) is 48.6 Å². The van der Waals surface area contributed by atoms with E-state index in [-0.39, 0.29) is 11.9 Å². The normalized spacial score (nSPS) is 21.6. The zero-order valence-corrected chi connectivity index (χ0v) is 19.1. The third-order valence-corrected chi connectivity index (χ3v) is 6.86. The lowest BCUT2D eigenvalue weighted by Gasteiger charge is -2.31. The average molecular weight is 483 g/mol. The summed E-state index contributed by atoms with van der Waals surface area (Å²) >= 11 is 3.55. The minimum Gasteiger partial charge on any atom is -0.440 e. The second-order valence-electron chi connectivity index (χ2n) is 8.57. The molecule has 31 heavy (non-hydrogen) atoms. The van der Waals surface area contributed by atoms with Crippen molar-refractivity contribution in [1.29, 1.82) is 0 Å². The highest BCUT2D eigenvalue weighted by atomic mass is 79.9. The van der Waals surface area contributed by atoms with E-state index in [0.717, 1.165) is 60.4 Å². The maximum Gasteiger partial charge on any atom is 0.317 e. The number of piperidine rings is 1. The molecule has 0 spiro atoms. The number of nitrogens with one attached hydrogen (secondary N) is 1. The minimum absolute atomic E-state index is 0.0294. The van der Waals surface area contributed by atoms with Crippen LogP contribution in [0.5, 0.6) is 0 Å². The number of para-hydroxylation sites is 2. The van der Waals surface area contributed by atoms with Gasteiger partial charge < -0.3 is 19.5 Å². The predicted octanol–water partition coefficient (Wildman–Crippen LogP) is 5.01. The molecule has 0 saturated carbocycles. The molecule has 2 aromatic carbocycles. The monoisotopic (exact) mass is 482 g/mol. The lowest BCUT2D eigenvalue weighted by molar-refractivity contribution is 0.173. The van der Waals surface area contributed by atoms with Gasteiger partial charge in [-0.1, -0.05) is 34.1 Å². The first kappa shape index (κ1) is 20.4. The van der Waals surface area contributed by atoms with E-state index in [1.807, 2.05) is 35.2 Å². The largest absolute Gasteiger partial charge is 0.440 e. The molecule has 3 aromatic rings. The van der Waals surface area contributed by atoms with E-state index in [9.17, 15) is 4.79 Å². The smallest absolute Gasteiger partial charge is 0.317 e. The van der Waals surface area contributed by atoms with E-state index in [2.05, 4.69) is 49.3 Å². The Kier molecular flexibility index (Phi) is 5.85. The molecule has 2 saturated heterocycles. The maximum atomic E-state index is 12.8. The first-order valence-electron chi connectivity index (χ1n) is 11.0. The van der Waals surface area contributed by atoms with E-state index in [4.69, 9.17) is 4.42 Å². The fourth-order valence-corrected chi connectivity index (χ4v) is 5.07. The Hall–Kier alpha value is -2.54. The zero-order valence-electron chi connectivity index (χ0n) is 17.5. The van der Waals surface area contributed by atoms with Crippen LogP contribution in [-0.2, 0) is 0 Å². The Morgan fingerprint density at radius 1 is 1.13 bits per heavy atom. The topological polar surface area (TPSA) is 61.6 Å². The van der Waals surface area contributed by atoms with Gasteiger partial charge in [-0.25, -0.2) is 9.78 Å². The molecule has 2 unspecified atom stereocenters. The van der Waals surface area contributed by atoms with E-state index in [1.54, 1.807) is 0 Å². The molecule has 0 aliphatic carbocycles. The van der Waals surface area contributed by atoms with Crippen LogP contribution in [0.4, 0.5) is 10.5 Å². The van der Waals surface area contributed by atoms with Crippen molar-refractivity contribution in [2.45, 2.75) is 25.2 Å². The van der Waals surface area contributed by atoms with Crippen LogP contribution >= 0.6 is 15.9 Å². The molecule has 5 rings (SSSR count). The van der Waals surface area contributed by atoms with Gasteiger partial charge in [0.2, 0.25) is 0 Å². The van der Waals surface area contributed by atoms with Crippen LogP contribution in [0.25, 0.3) is 11.1 Å². The highest BCUT2D eigenvalue weighted by Gasteiger charge is 2.29. The number of carbonyl (C=O) groups excluding carboxylic acids is 1. The molecule has 2 atom stereocenters. The molecule has 7 heteroatoms. The zero-order chi connectivity index (χ0) is 21.2. The van der Waals surface area contributed by atoms with Crippen LogP contribution in [0.3, 0.4) is 0 Å². The van der Waals surface area contributed by atoms with Crippen LogP contribution in [0.2, 0.25) is 0 Å². The summed E-state index contributed by atoms with van der Waals surface area (Å²) in [5, 5.41) is 3.18. The number of nitrogens with zero attached hydrogens (tertiary/aromatic N) is 3. The third kappa shape index (κ3) is 4.56. The third-order valence-electron chi connectivity index (χ3n) is 6.37. The van der Waals surface area contributed by atoms with Crippen LogP contribution in [0.15, 0.2) is 57.4 Å². The van der Waals surface area contributed by atoms with Crippen molar-refractivity contribution in [2.24, 2.45) is 5.92 Å². The van der Waals surface area contributed by atoms with Crippen molar-refractivity contribution in [3.63, 3.8) is 0 Å². The Bertz CT molecular complexity index is 1040. The summed E-state index contributed by atoms with van der Waals surface area (Å²) in [4.78, 5) is 21.8. The molecule has 6 nitrogen and oxygen atoms in total. The molecular formula is C24H27BrN4O2. The van der Waals surface area contributed by atoms with Crippen LogP contribution in [0.1, 0.15) is 31.1 Å². The van der Waals surface area contributed by atoms with Crippen molar-refractivity contribution >= 4 is 38.7 Å². The number of hydrogen-bond donors (Lipinski definition) is 1. The Balaban J connectivity index is 1.14. The number of hydrogen-bond acceptors (Lipinski definition) is 4. The number of aromatic nitrogens is 1. The molecule has 0 radical (unpaired) electrons. The van der Waals surface area contributed by atoms with E-state index in [0.29, 0.717) is 19.0 Å². The molecule has 2 aliphatic heterocycles. The van der Waals surface area contributed by atoms with Gasteiger partial charge in [-0.05, 0) is 55.5 Å². The standard InChI is InChI=1S/C24H27BrN4O2/c25-19-6-3-7-20(13-19)28-12-10-17(15-28)14-26-24(30)29-11-4-5-18(16-29)23-27-21-8-1-2-9-22(21)31-23/h1-3,6-9,13,17-18H,4-5,10-12,14-16H2,(H,26,30). The summed E-state index contributed by atoms with van der Waals surface area (Å²) in [5.41, 5.74) is 2.94. The molecule has 2 amide bonds. The molecule has 2 aliphatic rings. The summed E-state index contributed by atoms with van der Waals surface area (Å²) in [6.45, 7) is 4.17. The summed E-state index contributed by atoms with van der Waals surface area (Å²) in [6, 6.07) is 16.3. The lowest BCUT2D eigenvalue weighted by atomic mass is 9.98. The fourth-order valence-electron chi connectivity index (χ4n) is 4.68. The number of halogens is 1. The van der Waals surface area contributed by atoms with Gasteiger partial charge in [0.1, 0.15) is 5.52 Å².